The maximum atomic E-state index is 13.4. The average molecular weight is 392 g/mol. The van der Waals surface area contributed by atoms with Gasteiger partial charge in [0.1, 0.15) is 11.9 Å². The van der Waals surface area contributed by atoms with Crippen LogP contribution in [0.3, 0.4) is 0 Å². The van der Waals surface area contributed by atoms with Gasteiger partial charge in [0.2, 0.25) is 5.91 Å². The van der Waals surface area contributed by atoms with Crippen molar-refractivity contribution in [2.24, 2.45) is 7.05 Å². The number of carbonyl (C=O) groups is 1. The third-order valence-electron chi connectivity index (χ3n) is 3.06. The molecule has 0 fully saturated rings. The highest BCUT2D eigenvalue weighted by Crippen LogP contribution is 2.17. The van der Waals surface area contributed by atoms with Crippen molar-refractivity contribution in [2.75, 3.05) is 7.05 Å². The number of aromatic nitrogens is 2. The van der Waals surface area contributed by atoms with Crippen LogP contribution in [0.5, 0.6) is 0 Å². The maximum absolute atomic E-state index is 13.4. The molecule has 120 valence electrons. The van der Waals surface area contributed by atoms with Crippen LogP contribution in [-0.4, -0.2) is 22.7 Å². The van der Waals surface area contributed by atoms with Crippen molar-refractivity contribution in [3.8, 4) is 0 Å². The predicted molar refractivity (Wildman–Crippen MR) is 88.2 cm³/mol. The molecule has 1 atom stereocenters. The molecular weight excluding hydrogens is 375 g/mol. The van der Waals surface area contributed by atoms with Crippen LogP contribution in [0.1, 0.15) is 17.2 Å². The first-order valence-corrected chi connectivity index (χ1v) is 7.18. The van der Waals surface area contributed by atoms with Gasteiger partial charge in [-0.2, -0.15) is 5.10 Å². The molecule has 0 spiro atoms. The van der Waals surface area contributed by atoms with Gasteiger partial charge in [0.05, 0.1) is 10.7 Å². The summed E-state index contributed by atoms with van der Waals surface area (Å²) in [7, 11) is 3.50. The second-order valence-corrected chi connectivity index (χ2v) is 5.49. The van der Waals surface area contributed by atoms with Gasteiger partial charge in [-0.3, -0.25) is 9.48 Å². The normalized spacial score (nSPS) is 11.6. The van der Waals surface area contributed by atoms with E-state index in [-0.39, 0.29) is 30.7 Å². The molecule has 0 saturated heterocycles. The predicted octanol–water partition coefficient (Wildman–Crippen LogP) is 2.32. The molecule has 5 nitrogen and oxygen atoms in total. The molecule has 2 rings (SSSR count). The van der Waals surface area contributed by atoms with E-state index in [1.54, 1.807) is 43.3 Å². The summed E-state index contributed by atoms with van der Waals surface area (Å²) in [5.41, 5.74) is 1.48. The quantitative estimate of drug-likeness (QED) is 0.822. The summed E-state index contributed by atoms with van der Waals surface area (Å²) in [6, 6.07) is 4.28. The van der Waals surface area contributed by atoms with E-state index in [4.69, 9.17) is 0 Å². The molecule has 2 aromatic rings. The average Bonchev–Trinajstić information content (AvgIpc) is 2.87. The highest BCUT2D eigenvalue weighted by atomic mass is 79.9. The van der Waals surface area contributed by atoms with E-state index in [1.807, 2.05) is 0 Å². The second-order valence-electron chi connectivity index (χ2n) is 4.64. The van der Waals surface area contributed by atoms with E-state index in [0.29, 0.717) is 10.0 Å². The van der Waals surface area contributed by atoms with Gasteiger partial charge in [0.25, 0.3) is 0 Å². The zero-order valence-corrected chi connectivity index (χ0v) is 14.5. The number of amides is 1. The minimum Gasteiger partial charge on any atom is -0.350 e. The van der Waals surface area contributed by atoms with Crippen molar-refractivity contribution in [1.29, 1.82) is 0 Å². The molecule has 0 aliphatic heterocycles. The lowest BCUT2D eigenvalue weighted by atomic mass is 10.1. The van der Waals surface area contributed by atoms with Gasteiger partial charge in [-0.1, -0.05) is 6.07 Å². The summed E-state index contributed by atoms with van der Waals surface area (Å²) in [6.07, 6.45) is 3.42. The molecule has 0 aliphatic carbocycles. The number of benzene rings is 1. The van der Waals surface area contributed by atoms with Crippen molar-refractivity contribution in [2.45, 2.75) is 12.6 Å². The van der Waals surface area contributed by atoms with Crippen LogP contribution in [0, 0.1) is 5.82 Å². The van der Waals surface area contributed by atoms with Gasteiger partial charge in [-0.15, -0.1) is 12.4 Å². The Morgan fingerprint density at radius 1 is 1.50 bits per heavy atom. The largest absolute Gasteiger partial charge is 0.350 e. The summed E-state index contributed by atoms with van der Waals surface area (Å²) in [5, 5.41) is 9.77. The van der Waals surface area contributed by atoms with Crippen LogP contribution in [0.25, 0.3) is 0 Å². The molecule has 1 aromatic carbocycles. The Bertz CT molecular complexity index is 650. The first kappa shape index (κ1) is 18.6. The lowest BCUT2D eigenvalue weighted by Crippen LogP contribution is -2.35. The van der Waals surface area contributed by atoms with Gasteiger partial charge in [-0.05, 0) is 40.7 Å². The molecule has 1 unspecified atom stereocenters. The van der Waals surface area contributed by atoms with Crippen molar-refractivity contribution < 1.29 is 9.18 Å². The SMILES string of the molecule is CNC(C(=O)NCc1ccc(Br)c(F)c1)c1cnn(C)c1.Cl. The standard InChI is InChI=1S/C14H16BrFN4O.ClH/c1-17-13(10-7-19-20(2)8-10)14(21)18-6-9-3-4-11(15)12(16)5-9;/h3-5,7-8,13,17H,6H2,1-2H3,(H,18,21);1H. The van der Waals surface area contributed by atoms with E-state index in [0.717, 1.165) is 5.56 Å². The zero-order chi connectivity index (χ0) is 15.4. The molecule has 22 heavy (non-hydrogen) atoms. The number of halogens is 3. The molecule has 8 heteroatoms. The zero-order valence-electron chi connectivity index (χ0n) is 12.1. The molecule has 0 radical (unpaired) electrons. The lowest BCUT2D eigenvalue weighted by Gasteiger charge is -2.14. The topological polar surface area (TPSA) is 59.0 Å². The summed E-state index contributed by atoms with van der Waals surface area (Å²) >= 11 is 3.10. The number of rotatable bonds is 5. The van der Waals surface area contributed by atoms with Crippen LogP contribution in [0.2, 0.25) is 0 Å². The number of hydrogen-bond acceptors (Lipinski definition) is 3. The first-order valence-electron chi connectivity index (χ1n) is 6.38. The molecule has 0 saturated carbocycles. The van der Waals surface area contributed by atoms with Crippen LogP contribution in [0.4, 0.5) is 4.39 Å². The number of hydrogen-bond donors (Lipinski definition) is 2. The second kappa shape index (κ2) is 8.26. The Labute approximate surface area is 142 Å². The molecular formula is C14H17BrClFN4O. The highest BCUT2D eigenvalue weighted by Gasteiger charge is 2.19. The Kier molecular flexibility index (Phi) is 6.99. The molecule has 1 heterocycles. The van der Waals surface area contributed by atoms with Gasteiger partial charge >= 0.3 is 0 Å². The Morgan fingerprint density at radius 2 is 2.23 bits per heavy atom. The number of likely N-dealkylation sites (N-methyl/N-ethyl adjacent to an activating group) is 1. The Hall–Kier alpha value is -1.44. The van der Waals surface area contributed by atoms with Gasteiger partial charge in [0, 0.05) is 25.4 Å². The van der Waals surface area contributed by atoms with Gasteiger partial charge < -0.3 is 10.6 Å². The van der Waals surface area contributed by atoms with E-state index in [2.05, 4.69) is 31.7 Å². The van der Waals surface area contributed by atoms with E-state index >= 15 is 0 Å². The highest BCUT2D eigenvalue weighted by molar-refractivity contribution is 9.10. The van der Waals surface area contributed by atoms with Crippen molar-refractivity contribution in [3.63, 3.8) is 0 Å². The third-order valence-corrected chi connectivity index (χ3v) is 3.70. The monoisotopic (exact) mass is 390 g/mol. The fourth-order valence-corrected chi connectivity index (χ4v) is 2.23. The van der Waals surface area contributed by atoms with E-state index in [1.165, 1.54) is 6.07 Å². The summed E-state index contributed by atoms with van der Waals surface area (Å²) in [5.74, 6) is -0.534. The third kappa shape index (κ3) is 4.53. The molecule has 0 bridgehead atoms. The van der Waals surface area contributed by atoms with Crippen LogP contribution in [0.15, 0.2) is 35.1 Å². The summed E-state index contributed by atoms with van der Waals surface area (Å²) < 4.78 is 15.5. The smallest absolute Gasteiger partial charge is 0.242 e. The molecule has 2 N–H and O–H groups in total. The van der Waals surface area contributed by atoms with E-state index in [9.17, 15) is 9.18 Å². The minimum atomic E-state index is -0.487. The maximum Gasteiger partial charge on any atom is 0.242 e. The molecule has 1 aromatic heterocycles. The van der Waals surface area contributed by atoms with Crippen molar-refractivity contribution in [1.82, 2.24) is 20.4 Å². The first-order chi connectivity index (χ1) is 10.0. The Morgan fingerprint density at radius 3 is 2.77 bits per heavy atom. The Balaban J connectivity index is 0.00000242. The number of carbonyl (C=O) groups excluding carboxylic acids is 1. The minimum absolute atomic E-state index is 0. The summed E-state index contributed by atoms with van der Waals surface area (Å²) in [6.45, 7) is 0.265. The molecule has 1 amide bonds. The summed E-state index contributed by atoms with van der Waals surface area (Å²) in [4.78, 5) is 12.2. The van der Waals surface area contributed by atoms with Gasteiger partial charge in [-0.25, -0.2) is 4.39 Å². The number of aryl methyl sites for hydroxylation is 1. The fraction of sp³-hybridized carbons (Fsp3) is 0.286. The number of nitrogens with zero attached hydrogens (tertiary/aromatic N) is 2. The van der Waals surface area contributed by atoms with Crippen molar-refractivity contribution in [3.05, 3.63) is 52.0 Å². The lowest BCUT2D eigenvalue weighted by molar-refractivity contribution is -0.123. The van der Waals surface area contributed by atoms with Crippen LogP contribution < -0.4 is 10.6 Å². The van der Waals surface area contributed by atoms with Gasteiger partial charge in [0.15, 0.2) is 0 Å². The van der Waals surface area contributed by atoms with Crippen LogP contribution >= 0.6 is 28.3 Å². The van der Waals surface area contributed by atoms with Crippen molar-refractivity contribution >= 4 is 34.2 Å². The fourth-order valence-electron chi connectivity index (χ4n) is 1.98. The number of nitrogens with one attached hydrogen (secondary N) is 2. The molecule has 0 aliphatic rings. The van der Waals surface area contributed by atoms with E-state index < -0.39 is 6.04 Å². The van der Waals surface area contributed by atoms with Crippen LogP contribution in [-0.2, 0) is 18.4 Å².